The Morgan fingerprint density at radius 3 is 2.42 bits per heavy atom. The van der Waals surface area contributed by atoms with Gasteiger partial charge >= 0.3 is 5.97 Å². The molecule has 0 spiro atoms. The zero-order valence-electron chi connectivity index (χ0n) is 11.5. The molecule has 1 atom stereocenters. The fraction of sp³-hybridized carbons (Fsp3) is 0.467. The Morgan fingerprint density at radius 2 is 1.89 bits per heavy atom. The summed E-state index contributed by atoms with van der Waals surface area (Å²) in [6, 6.07) is 9.92. The highest BCUT2D eigenvalue weighted by atomic mass is 16.4. The second-order valence-corrected chi connectivity index (χ2v) is 4.88. The summed E-state index contributed by atoms with van der Waals surface area (Å²) < 4.78 is 0. The standard InChI is InChI=1S/C15H21NO3/c1-3-15(2,14(18)19)16-13(17)11-7-10-12-8-5-4-6-9-12/h4-6,8-9H,3,7,10-11H2,1-2H3,(H,16,17)(H,18,19). The van der Waals surface area contributed by atoms with Gasteiger partial charge < -0.3 is 10.4 Å². The molecular weight excluding hydrogens is 242 g/mol. The van der Waals surface area contributed by atoms with Gasteiger partial charge in [0.15, 0.2) is 0 Å². The molecule has 1 amide bonds. The Bertz CT molecular complexity index is 430. The van der Waals surface area contributed by atoms with Crippen LogP contribution in [0.5, 0.6) is 0 Å². The Hall–Kier alpha value is -1.84. The van der Waals surface area contributed by atoms with Gasteiger partial charge in [0.05, 0.1) is 0 Å². The minimum Gasteiger partial charge on any atom is -0.480 e. The minimum atomic E-state index is -1.16. The highest BCUT2D eigenvalue weighted by Gasteiger charge is 2.32. The van der Waals surface area contributed by atoms with Crippen molar-refractivity contribution in [2.24, 2.45) is 0 Å². The van der Waals surface area contributed by atoms with E-state index in [4.69, 9.17) is 5.11 Å². The molecule has 0 aliphatic carbocycles. The average Bonchev–Trinajstić information content (AvgIpc) is 2.39. The van der Waals surface area contributed by atoms with Gasteiger partial charge in [0.2, 0.25) is 5.91 Å². The minimum absolute atomic E-state index is 0.206. The van der Waals surface area contributed by atoms with Crippen LogP contribution in [-0.2, 0) is 16.0 Å². The predicted octanol–water partition coefficient (Wildman–Crippen LogP) is 2.38. The maximum Gasteiger partial charge on any atom is 0.329 e. The molecule has 0 bridgehead atoms. The Morgan fingerprint density at radius 1 is 1.26 bits per heavy atom. The van der Waals surface area contributed by atoms with Crippen LogP contribution in [0.15, 0.2) is 30.3 Å². The summed E-state index contributed by atoms with van der Waals surface area (Å²) in [6.07, 6.45) is 2.25. The molecule has 0 saturated carbocycles. The maximum atomic E-state index is 11.7. The van der Waals surface area contributed by atoms with Crippen LogP contribution in [0.25, 0.3) is 0 Å². The molecule has 0 saturated heterocycles. The number of rotatable bonds is 7. The maximum absolute atomic E-state index is 11.7. The molecule has 0 heterocycles. The molecule has 1 unspecified atom stereocenters. The van der Waals surface area contributed by atoms with Gasteiger partial charge in [-0.15, -0.1) is 0 Å². The van der Waals surface area contributed by atoms with E-state index in [-0.39, 0.29) is 5.91 Å². The van der Waals surface area contributed by atoms with E-state index in [0.29, 0.717) is 12.8 Å². The van der Waals surface area contributed by atoms with E-state index in [9.17, 15) is 9.59 Å². The van der Waals surface area contributed by atoms with E-state index in [2.05, 4.69) is 5.32 Å². The Kier molecular flexibility index (Phi) is 5.55. The zero-order valence-corrected chi connectivity index (χ0v) is 11.5. The van der Waals surface area contributed by atoms with Crippen molar-refractivity contribution < 1.29 is 14.7 Å². The quantitative estimate of drug-likeness (QED) is 0.793. The number of carboxylic acid groups (broad SMARTS) is 1. The normalized spacial score (nSPS) is 13.6. The fourth-order valence-corrected chi connectivity index (χ4v) is 1.76. The molecule has 0 aliphatic rings. The first-order valence-corrected chi connectivity index (χ1v) is 6.56. The van der Waals surface area contributed by atoms with E-state index in [1.165, 1.54) is 12.5 Å². The van der Waals surface area contributed by atoms with E-state index in [0.717, 1.165) is 12.8 Å². The molecule has 4 nitrogen and oxygen atoms in total. The lowest BCUT2D eigenvalue weighted by molar-refractivity contribution is -0.147. The summed E-state index contributed by atoms with van der Waals surface area (Å²) in [5.41, 5.74) is 0.0240. The van der Waals surface area contributed by atoms with Crippen LogP contribution >= 0.6 is 0 Å². The molecular formula is C15H21NO3. The zero-order chi connectivity index (χ0) is 14.3. The summed E-state index contributed by atoms with van der Waals surface area (Å²) in [7, 11) is 0. The first kappa shape index (κ1) is 15.2. The lowest BCUT2D eigenvalue weighted by atomic mass is 9.98. The number of carbonyl (C=O) groups is 2. The van der Waals surface area contributed by atoms with Gasteiger partial charge in [0.1, 0.15) is 5.54 Å². The molecule has 4 heteroatoms. The van der Waals surface area contributed by atoms with Gasteiger partial charge in [-0.1, -0.05) is 37.3 Å². The molecule has 2 N–H and O–H groups in total. The number of benzene rings is 1. The number of amides is 1. The van der Waals surface area contributed by atoms with Crippen LogP contribution in [0, 0.1) is 0 Å². The summed E-state index contributed by atoms with van der Waals surface area (Å²) in [5.74, 6) is -1.20. The lowest BCUT2D eigenvalue weighted by Gasteiger charge is -2.24. The van der Waals surface area contributed by atoms with Gasteiger partial charge in [-0.05, 0) is 31.7 Å². The highest BCUT2D eigenvalue weighted by Crippen LogP contribution is 2.10. The molecule has 1 aromatic rings. The molecule has 0 radical (unpaired) electrons. The largest absolute Gasteiger partial charge is 0.480 e. The van der Waals surface area contributed by atoms with Crippen molar-refractivity contribution >= 4 is 11.9 Å². The molecule has 104 valence electrons. The number of aliphatic carboxylic acids is 1. The van der Waals surface area contributed by atoms with Crippen LogP contribution in [-0.4, -0.2) is 22.5 Å². The first-order chi connectivity index (χ1) is 8.98. The smallest absolute Gasteiger partial charge is 0.329 e. The second-order valence-electron chi connectivity index (χ2n) is 4.88. The number of hydrogen-bond acceptors (Lipinski definition) is 2. The van der Waals surface area contributed by atoms with Crippen molar-refractivity contribution in [3.63, 3.8) is 0 Å². The molecule has 0 aromatic heterocycles. The van der Waals surface area contributed by atoms with Crippen molar-refractivity contribution in [3.05, 3.63) is 35.9 Å². The SMILES string of the molecule is CCC(C)(NC(=O)CCCc1ccccc1)C(=O)O. The summed E-state index contributed by atoms with van der Waals surface area (Å²) in [6.45, 7) is 3.28. The van der Waals surface area contributed by atoms with Crippen molar-refractivity contribution in [1.82, 2.24) is 5.32 Å². The van der Waals surface area contributed by atoms with Crippen molar-refractivity contribution in [3.8, 4) is 0 Å². The summed E-state index contributed by atoms with van der Waals surface area (Å²) in [4.78, 5) is 22.8. The van der Waals surface area contributed by atoms with E-state index in [1.807, 2.05) is 30.3 Å². The number of aryl methyl sites for hydroxylation is 1. The number of hydrogen-bond donors (Lipinski definition) is 2. The summed E-state index contributed by atoms with van der Waals surface area (Å²) >= 11 is 0. The number of carboxylic acids is 1. The highest BCUT2D eigenvalue weighted by molar-refractivity contribution is 5.86. The van der Waals surface area contributed by atoms with E-state index >= 15 is 0 Å². The van der Waals surface area contributed by atoms with E-state index in [1.54, 1.807) is 6.92 Å². The van der Waals surface area contributed by atoms with Gasteiger partial charge in [-0.2, -0.15) is 0 Å². The van der Waals surface area contributed by atoms with E-state index < -0.39 is 11.5 Å². The third kappa shape index (κ3) is 4.73. The monoisotopic (exact) mass is 263 g/mol. The van der Waals surface area contributed by atoms with Gasteiger partial charge in [-0.25, -0.2) is 4.79 Å². The first-order valence-electron chi connectivity index (χ1n) is 6.56. The topological polar surface area (TPSA) is 66.4 Å². The lowest BCUT2D eigenvalue weighted by Crippen LogP contribution is -2.51. The number of nitrogens with one attached hydrogen (secondary N) is 1. The van der Waals surface area contributed by atoms with Crippen LogP contribution in [0.4, 0.5) is 0 Å². The molecule has 1 rings (SSSR count). The molecule has 0 fully saturated rings. The third-order valence-corrected chi connectivity index (χ3v) is 3.31. The van der Waals surface area contributed by atoms with Crippen LogP contribution in [0.2, 0.25) is 0 Å². The van der Waals surface area contributed by atoms with Crippen LogP contribution in [0.1, 0.15) is 38.7 Å². The summed E-state index contributed by atoms with van der Waals surface area (Å²) in [5, 5.41) is 11.7. The third-order valence-electron chi connectivity index (χ3n) is 3.31. The van der Waals surface area contributed by atoms with Gasteiger partial charge in [0, 0.05) is 6.42 Å². The van der Waals surface area contributed by atoms with Crippen LogP contribution < -0.4 is 5.32 Å². The Labute approximate surface area is 113 Å². The second kappa shape index (κ2) is 6.92. The van der Waals surface area contributed by atoms with Crippen molar-refractivity contribution in [1.29, 1.82) is 0 Å². The fourth-order valence-electron chi connectivity index (χ4n) is 1.76. The molecule has 1 aromatic carbocycles. The van der Waals surface area contributed by atoms with Crippen molar-refractivity contribution in [2.75, 3.05) is 0 Å². The Balaban J connectivity index is 2.38. The van der Waals surface area contributed by atoms with Crippen molar-refractivity contribution in [2.45, 2.75) is 45.1 Å². The van der Waals surface area contributed by atoms with Crippen LogP contribution in [0.3, 0.4) is 0 Å². The number of carbonyl (C=O) groups excluding carboxylic acids is 1. The average molecular weight is 263 g/mol. The predicted molar refractivity (Wildman–Crippen MR) is 73.9 cm³/mol. The molecule has 19 heavy (non-hydrogen) atoms. The van der Waals surface area contributed by atoms with Gasteiger partial charge in [-0.3, -0.25) is 4.79 Å². The van der Waals surface area contributed by atoms with Gasteiger partial charge in [0.25, 0.3) is 0 Å². The molecule has 0 aliphatic heterocycles.